The first kappa shape index (κ1) is 28.2. The highest BCUT2D eigenvalue weighted by atomic mass is 32.2. The minimum atomic E-state index is -3.78. The molecule has 192 valence electrons. The number of methoxy groups -OCH3 is 1. The molecule has 0 radical (unpaired) electrons. The summed E-state index contributed by atoms with van der Waals surface area (Å²) in [5, 5.41) is 2.96. The van der Waals surface area contributed by atoms with E-state index >= 15 is 0 Å². The van der Waals surface area contributed by atoms with E-state index in [2.05, 4.69) is 5.32 Å². The first-order valence-corrected chi connectivity index (χ1v) is 13.4. The van der Waals surface area contributed by atoms with Crippen molar-refractivity contribution in [3.05, 3.63) is 59.7 Å². The van der Waals surface area contributed by atoms with Gasteiger partial charge >= 0.3 is 0 Å². The summed E-state index contributed by atoms with van der Waals surface area (Å²) < 4.78 is 31.5. The molecule has 0 heterocycles. The highest BCUT2D eigenvalue weighted by Crippen LogP contribution is 2.23. The second kappa shape index (κ2) is 11.6. The van der Waals surface area contributed by atoms with Crippen LogP contribution in [0.5, 0.6) is 5.75 Å². The van der Waals surface area contributed by atoms with Crippen LogP contribution < -0.4 is 14.4 Å². The summed E-state index contributed by atoms with van der Waals surface area (Å²) in [7, 11) is -2.27. The Kier molecular flexibility index (Phi) is 9.31. The van der Waals surface area contributed by atoms with Crippen molar-refractivity contribution in [1.82, 2.24) is 10.2 Å². The van der Waals surface area contributed by atoms with Gasteiger partial charge in [-0.1, -0.05) is 31.2 Å². The number of nitrogens with zero attached hydrogens (tertiary/aromatic N) is 2. The summed E-state index contributed by atoms with van der Waals surface area (Å²) in [5.74, 6) is -0.178. The summed E-state index contributed by atoms with van der Waals surface area (Å²) in [4.78, 5) is 28.4. The number of hydrogen-bond acceptors (Lipinski definition) is 5. The van der Waals surface area contributed by atoms with E-state index in [9.17, 15) is 18.0 Å². The molecule has 2 rings (SSSR count). The Labute approximate surface area is 209 Å². The smallest absolute Gasteiger partial charge is 0.244 e. The quantitative estimate of drug-likeness (QED) is 0.535. The first-order chi connectivity index (χ1) is 16.3. The van der Waals surface area contributed by atoms with Gasteiger partial charge in [-0.2, -0.15) is 0 Å². The number of sulfonamides is 1. The number of amides is 2. The second-order valence-corrected chi connectivity index (χ2v) is 11.5. The van der Waals surface area contributed by atoms with E-state index in [1.54, 1.807) is 24.3 Å². The number of rotatable bonds is 10. The maximum Gasteiger partial charge on any atom is 0.244 e. The zero-order valence-electron chi connectivity index (χ0n) is 21.7. The molecule has 0 spiro atoms. The monoisotopic (exact) mass is 503 g/mol. The van der Waals surface area contributed by atoms with Crippen molar-refractivity contribution >= 4 is 27.5 Å². The Hall–Kier alpha value is -3.07. The zero-order chi connectivity index (χ0) is 26.4. The van der Waals surface area contributed by atoms with Crippen LogP contribution in [0.25, 0.3) is 0 Å². The first-order valence-electron chi connectivity index (χ1n) is 11.5. The lowest BCUT2D eigenvalue weighted by atomic mass is 10.0. The maximum absolute atomic E-state index is 13.7. The third-order valence-electron chi connectivity index (χ3n) is 5.53. The fraction of sp³-hybridized carbons (Fsp3) is 0.462. The topological polar surface area (TPSA) is 96.0 Å². The van der Waals surface area contributed by atoms with Crippen LogP contribution >= 0.6 is 0 Å². The lowest BCUT2D eigenvalue weighted by Gasteiger charge is -2.34. The van der Waals surface area contributed by atoms with E-state index in [-0.39, 0.29) is 12.5 Å². The highest BCUT2D eigenvalue weighted by molar-refractivity contribution is 7.92. The van der Waals surface area contributed by atoms with Crippen LogP contribution in [0.3, 0.4) is 0 Å². The van der Waals surface area contributed by atoms with E-state index in [1.165, 1.54) is 12.0 Å². The number of anilines is 1. The van der Waals surface area contributed by atoms with E-state index in [0.29, 0.717) is 17.9 Å². The minimum Gasteiger partial charge on any atom is -0.497 e. The van der Waals surface area contributed by atoms with Crippen molar-refractivity contribution in [3.63, 3.8) is 0 Å². The van der Waals surface area contributed by atoms with E-state index < -0.39 is 34.1 Å². The predicted molar refractivity (Wildman–Crippen MR) is 139 cm³/mol. The fourth-order valence-electron chi connectivity index (χ4n) is 3.71. The molecule has 9 heteroatoms. The molecule has 0 aromatic heterocycles. The van der Waals surface area contributed by atoms with Crippen LogP contribution in [0.1, 0.15) is 45.2 Å². The van der Waals surface area contributed by atoms with Crippen molar-refractivity contribution in [2.24, 2.45) is 0 Å². The molecule has 0 aliphatic heterocycles. The molecule has 2 amide bonds. The molecule has 0 aliphatic rings. The van der Waals surface area contributed by atoms with Gasteiger partial charge in [-0.15, -0.1) is 0 Å². The second-order valence-electron chi connectivity index (χ2n) is 9.58. The summed E-state index contributed by atoms with van der Waals surface area (Å²) in [6, 6.07) is 13.3. The van der Waals surface area contributed by atoms with Crippen molar-refractivity contribution in [3.8, 4) is 5.75 Å². The Morgan fingerprint density at radius 1 is 1.06 bits per heavy atom. The lowest BCUT2D eigenvalue weighted by Crippen LogP contribution is -2.55. The Morgan fingerprint density at radius 2 is 1.66 bits per heavy atom. The molecule has 8 nitrogen and oxygen atoms in total. The predicted octanol–water partition coefficient (Wildman–Crippen LogP) is 3.49. The summed E-state index contributed by atoms with van der Waals surface area (Å²) in [6.07, 6.45) is 1.43. The maximum atomic E-state index is 13.7. The van der Waals surface area contributed by atoms with Gasteiger partial charge in [0.25, 0.3) is 0 Å². The number of carbonyl (C=O) groups is 2. The number of hydrogen-bond donors (Lipinski definition) is 1. The largest absolute Gasteiger partial charge is 0.497 e. The van der Waals surface area contributed by atoms with Gasteiger partial charge in [0.2, 0.25) is 21.8 Å². The standard InChI is InChI=1S/C26H37N3O5S/c1-8-23(25(31)27-26(3,4)5)28(17-20-12-10-9-11-19(20)2)24(30)18-29(35(7,32)33)21-13-15-22(34-6)16-14-21/h9-16,23H,8,17-18H2,1-7H3,(H,27,31)/t23-/m1/s1. The van der Waals surface area contributed by atoms with Gasteiger partial charge in [-0.05, 0) is 69.5 Å². The molecule has 2 aromatic carbocycles. The molecule has 2 aromatic rings. The fourth-order valence-corrected chi connectivity index (χ4v) is 4.56. The van der Waals surface area contributed by atoms with E-state index in [1.807, 2.05) is 58.9 Å². The SMILES string of the molecule is CC[C@H](C(=O)NC(C)(C)C)N(Cc1ccccc1C)C(=O)CN(c1ccc(OC)cc1)S(C)(=O)=O. The van der Waals surface area contributed by atoms with Gasteiger partial charge in [0.15, 0.2) is 0 Å². The molecular formula is C26H37N3O5S. The van der Waals surface area contributed by atoms with Gasteiger partial charge in [-0.3, -0.25) is 13.9 Å². The van der Waals surface area contributed by atoms with Crippen molar-refractivity contribution in [1.29, 1.82) is 0 Å². The number of aryl methyl sites for hydroxylation is 1. The number of ether oxygens (including phenoxy) is 1. The normalized spacial score (nSPS) is 12.5. The average molecular weight is 504 g/mol. The van der Waals surface area contributed by atoms with Crippen molar-refractivity contribution < 1.29 is 22.7 Å². The van der Waals surface area contributed by atoms with Crippen LogP contribution in [0.15, 0.2) is 48.5 Å². The average Bonchev–Trinajstić information content (AvgIpc) is 2.76. The van der Waals surface area contributed by atoms with Gasteiger partial charge in [-0.25, -0.2) is 8.42 Å². The molecule has 0 unspecified atom stereocenters. The van der Waals surface area contributed by atoms with Gasteiger partial charge in [0, 0.05) is 12.1 Å². The van der Waals surface area contributed by atoms with Gasteiger partial charge in [0.1, 0.15) is 18.3 Å². The number of carbonyl (C=O) groups excluding carboxylic acids is 2. The van der Waals surface area contributed by atoms with Crippen LogP contribution in [0, 0.1) is 6.92 Å². The summed E-state index contributed by atoms with van der Waals surface area (Å²) in [5.41, 5.74) is 1.72. The lowest BCUT2D eigenvalue weighted by molar-refractivity contribution is -0.141. The Bertz CT molecular complexity index is 1120. The van der Waals surface area contributed by atoms with Crippen molar-refractivity contribution in [2.75, 3.05) is 24.2 Å². The van der Waals surface area contributed by atoms with E-state index in [4.69, 9.17) is 4.74 Å². The van der Waals surface area contributed by atoms with Crippen LogP contribution in [0.2, 0.25) is 0 Å². The zero-order valence-corrected chi connectivity index (χ0v) is 22.5. The molecule has 0 saturated heterocycles. The molecule has 1 N–H and O–H groups in total. The van der Waals surface area contributed by atoms with E-state index in [0.717, 1.165) is 21.7 Å². The number of nitrogens with one attached hydrogen (secondary N) is 1. The van der Waals surface area contributed by atoms with Crippen LogP contribution in [-0.2, 0) is 26.2 Å². The van der Waals surface area contributed by atoms with Crippen molar-refractivity contribution in [2.45, 2.75) is 59.2 Å². The Balaban J connectivity index is 2.46. The number of benzene rings is 2. The highest BCUT2D eigenvalue weighted by Gasteiger charge is 2.33. The summed E-state index contributed by atoms with van der Waals surface area (Å²) in [6.45, 7) is 9.15. The Morgan fingerprint density at radius 3 is 2.14 bits per heavy atom. The minimum absolute atomic E-state index is 0.182. The van der Waals surface area contributed by atoms with Crippen LogP contribution in [-0.4, -0.2) is 56.6 Å². The van der Waals surface area contributed by atoms with Gasteiger partial charge < -0.3 is 15.0 Å². The molecule has 0 aliphatic carbocycles. The molecule has 0 saturated carbocycles. The molecule has 0 fully saturated rings. The van der Waals surface area contributed by atoms with Gasteiger partial charge in [0.05, 0.1) is 19.1 Å². The summed E-state index contributed by atoms with van der Waals surface area (Å²) >= 11 is 0. The molecular weight excluding hydrogens is 466 g/mol. The third-order valence-corrected chi connectivity index (χ3v) is 6.67. The molecule has 1 atom stereocenters. The molecule has 35 heavy (non-hydrogen) atoms. The third kappa shape index (κ3) is 7.99. The van der Waals surface area contributed by atoms with Crippen LogP contribution in [0.4, 0.5) is 5.69 Å². The molecule has 0 bridgehead atoms.